The van der Waals surface area contributed by atoms with Crippen LogP contribution in [0.15, 0.2) is 71.5 Å². The van der Waals surface area contributed by atoms with Gasteiger partial charge in [0.25, 0.3) is 0 Å². The number of carbonyl (C=O) groups excluding carboxylic acids is 1. The summed E-state index contributed by atoms with van der Waals surface area (Å²) in [5.74, 6) is -1.33. The molecule has 2 heterocycles. The lowest BCUT2D eigenvalue weighted by molar-refractivity contribution is -0.157. The van der Waals surface area contributed by atoms with Crippen molar-refractivity contribution in [3.8, 4) is 11.5 Å². The van der Waals surface area contributed by atoms with E-state index in [9.17, 15) is 15.0 Å². The molecule has 36 heavy (non-hydrogen) atoms. The van der Waals surface area contributed by atoms with Gasteiger partial charge in [0.2, 0.25) is 5.91 Å². The molecule has 1 saturated carbocycles. The Bertz CT molecular complexity index is 1270. The molecule has 5 rings (SSSR count). The number of pyridine rings is 1. The van der Waals surface area contributed by atoms with Crippen LogP contribution in [0.5, 0.6) is 11.5 Å². The van der Waals surface area contributed by atoms with Gasteiger partial charge in [0.15, 0.2) is 11.2 Å². The van der Waals surface area contributed by atoms with Crippen LogP contribution in [0.4, 0.5) is 0 Å². The van der Waals surface area contributed by atoms with E-state index in [0.717, 1.165) is 10.0 Å². The zero-order valence-corrected chi connectivity index (χ0v) is 22.0. The first-order chi connectivity index (χ1) is 17.3. The molecule has 5 atom stereocenters. The lowest BCUT2D eigenvalue weighted by atomic mass is 9.70. The normalized spacial score (nSPS) is 28.2. The largest absolute Gasteiger partial charge is 0.495 e. The van der Waals surface area contributed by atoms with Gasteiger partial charge < -0.3 is 24.6 Å². The van der Waals surface area contributed by atoms with E-state index in [0.29, 0.717) is 30.0 Å². The number of carbonyl (C=O) groups is 1. The van der Waals surface area contributed by atoms with Crippen molar-refractivity contribution in [1.29, 1.82) is 0 Å². The number of ether oxygens (including phenoxy) is 2. The third-order valence-corrected chi connectivity index (χ3v) is 8.20. The summed E-state index contributed by atoms with van der Waals surface area (Å²) < 4.78 is 13.2. The molecule has 1 aliphatic carbocycles. The molecule has 188 valence electrons. The highest BCUT2D eigenvalue weighted by molar-refractivity contribution is 9.10. The predicted molar refractivity (Wildman–Crippen MR) is 138 cm³/mol. The zero-order chi connectivity index (χ0) is 25.7. The van der Waals surface area contributed by atoms with Crippen molar-refractivity contribution in [1.82, 2.24) is 9.88 Å². The third-order valence-electron chi connectivity index (χ3n) is 7.67. The van der Waals surface area contributed by atoms with E-state index in [1.807, 2.05) is 68.4 Å². The molecule has 1 fully saturated rings. The number of aliphatic hydroxyl groups excluding tert-OH is 1. The van der Waals surface area contributed by atoms with Gasteiger partial charge in [-0.15, -0.1) is 0 Å². The van der Waals surface area contributed by atoms with E-state index >= 15 is 0 Å². The summed E-state index contributed by atoms with van der Waals surface area (Å²) in [5, 5.41) is 24.8. The number of hydrogen-bond acceptors (Lipinski definition) is 6. The first-order valence-corrected chi connectivity index (χ1v) is 12.9. The number of amides is 1. The molecule has 2 N–H and O–H groups in total. The van der Waals surface area contributed by atoms with E-state index in [4.69, 9.17) is 9.47 Å². The number of hydrogen-bond donors (Lipinski definition) is 2. The predicted octanol–water partition coefficient (Wildman–Crippen LogP) is 3.97. The second kappa shape index (κ2) is 9.18. The van der Waals surface area contributed by atoms with Gasteiger partial charge in [0.05, 0.1) is 31.0 Å². The number of halogens is 1. The van der Waals surface area contributed by atoms with Crippen molar-refractivity contribution in [2.45, 2.75) is 37.1 Å². The average Bonchev–Trinajstić information content (AvgIpc) is 3.28. The summed E-state index contributed by atoms with van der Waals surface area (Å²) in [5.41, 5.74) is -1.82. The van der Waals surface area contributed by atoms with Crippen LogP contribution in [0.2, 0.25) is 0 Å². The SMILES string of the molecule is CCN(CC)C(=O)[C@H]1[C@@H](O)[C@@]2(O)c3c(OC)cncc3O[C@@]2(c2ccc(Br)cc2)[C@@H]1c1ccccc1. The van der Waals surface area contributed by atoms with E-state index in [-0.39, 0.29) is 11.7 Å². The fourth-order valence-electron chi connectivity index (χ4n) is 6.11. The molecule has 7 nitrogen and oxygen atoms in total. The minimum Gasteiger partial charge on any atom is -0.495 e. The van der Waals surface area contributed by atoms with Crippen LogP contribution in [0.3, 0.4) is 0 Å². The van der Waals surface area contributed by atoms with Crippen LogP contribution < -0.4 is 9.47 Å². The second-order valence-corrected chi connectivity index (χ2v) is 10.1. The first kappa shape index (κ1) is 24.7. The van der Waals surface area contributed by atoms with Gasteiger partial charge in [-0.05, 0) is 37.1 Å². The van der Waals surface area contributed by atoms with Crippen molar-refractivity contribution in [2.75, 3.05) is 20.2 Å². The highest BCUT2D eigenvalue weighted by Crippen LogP contribution is 2.69. The fourth-order valence-corrected chi connectivity index (χ4v) is 6.38. The molecule has 2 aliphatic rings. The minimum atomic E-state index is -2.00. The van der Waals surface area contributed by atoms with Crippen LogP contribution in [0.1, 0.15) is 36.5 Å². The number of benzene rings is 2. The van der Waals surface area contributed by atoms with E-state index in [2.05, 4.69) is 20.9 Å². The Labute approximate surface area is 218 Å². The van der Waals surface area contributed by atoms with Crippen LogP contribution >= 0.6 is 15.9 Å². The average molecular weight is 553 g/mol. The zero-order valence-electron chi connectivity index (χ0n) is 20.4. The molecule has 1 aromatic heterocycles. The highest BCUT2D eigenvalue weighted by atomic mass is 79.9. The van der Waals surface area contributed by atoms with E-state index in [1.165, 1.54) is 19.5 Å². The Hall–Kier alpha value is -2.94. The maximum Gasteiger partial charge on any atom is 0.229 e. The van der Waals surface area contributed by atoms with E-state index in [1.54, 1.807) is 4.90 Å². The van der Waals surface area contributed by atoms with Gasteiger partial charge in [-0.1, -0.05) is 58.4 Å². The Morgan fingerprint density at radius 3 is 2.39 bits per heavy atom. The Morgan fingerprint density at radius 2 is 1.78 bits per heavy atom. The summed E-state index contributed by atoms with van der Waals surface area (Å²) in [6.45, 7) is 4.77. The summed E-state index contributed by atoms with van der Waals surface area (Å²) in [7, 11) is 1.48. The molecular formula is C28H29BrN2O5. The Kier molecular flexibility index (Phi) is 6.31. The van der Waals surface area contributed by atoms with Gasteiger partial charge >= 0.3 is 0 Å². The van der Waals surface area contributed by atoms with Gasteiger partial charge in [-0.25, -0.2) is 0 Å². The monoisotopic (exact) mass is 552 g/mol. The molecule has 0 spiro atoms. The smallest absolute Gasteiger partial charge is 0.229 e. The summed E-state index contributed by atoms with van der Waals surface area (Å²) in [6, 6.07) is 16.9. The lowest BCUT2D eigenvalue weighted by Gasteiger charge is -2.41. The molecule has 0 saturated heterocycles. The lowest BCUT2D eigenvalue weighted by Crippen LogP contribution is -2.52. The molecule has 1 aliphatic heterocycles. The molecular weight excluding hydrogens is 524 g/mol. The van der Waals surface area contributed by atoms with Crippen LogP contribution in [-0.4, -0.2) is 52.3 Å². The number of methoxy groups -OCH3 is 1. The second-order valence-electron chi connectivity index (χ2n) is 9.20. The molecule has 3 aromatic rings. The van der Waals surface area contributed by atoms with Crippen molar-refractivity contribution in [3.63, 3.8) is 0 Å². The van der Waals surface area contributed by atoms with Crippen molar-refractivity contribution in [2.24, 2.45) is 5.92 Å². The first-order valence-electron chi connectivity index (χ1n) is 12.1. The quantitative estimate of drug-likeness (QED) is 0.480. The fraction of sp³-hybridized carbons (Fsp3) is 0.357. The van der Waals surface area contributed by atoms with E-state index < -0.39 is 29.1 Å². The number of aromatic nitrogens is 1. The van der Waals surface area contributed by atoms with Gasteiger partial charge in [-0.2, -0.15) is 0 Å². The minimum absolute atomic E-state index is 0.237. The number of nitrogens with zero attached hydrogens (tertiary/aromatic N) is 2. The topological polar surface area (TPSA) is 92.1 Å². The Morgan fingerprint density at radius 1 is 1.11 bits per heavy atom. The summed E-state index contributed by atoms with van der Waals surface area (Å²) in [6.07, 6.45) is 1.52. The van der Waals surface area contributed by atoms with Gasteiger partial charge in [0, 0.05) is 23.5 Å². The van der Waals surface area contributed by atoms with Crippen molar-refractivity contribution < 1.29 is 24.5 Å². The maximum absolute atomic E-state index is 14.0. The Balaban J connectivity index is 1.87. The van der Waals surface area contributed by atoms with Crippen LogP contribution in [0, 0.1) is 5.92 Å². The molecule has 8 heteroatoms. The van der Waals surface area contributed by atoms with Gasteiger partial charge in [-0.3, -0.25) is 9.78 Å². The molecule has 0 radical (unpaired) electrons. The van der Waals surface area contributed by atoms with Gasteiger partial charge in [0.1, 0.15) is 17.6 Å². The van der Waals surface area contributed by atoms with Crippen LogP contribution in [0.25, 0.3) is 0 Å². The van der Waals surface area contributed by atoms with Crippen molar-refractivity contribution >= 4 is 21.8 Å². The maximum atomic E-state index is 14.0. The standard InChI is InChI=1S/C28H29BrN2O5/c1-4-31(5-2)26(33)22-23(17-9-7-6-8-10-17)28(18-11-13-19(29)14-12-18)27(34,25(22)32)24-20(35-3)15-30-16-21(24)36-28/h6-16,22-23,25,32,34H,4-5H2,1-3H3/t22-,23-,25-,27+,28+/m1/s1. The summed E-state index contributed by atoms with van der Waals surface area (Å²) >= 11 is 3.49. The summed E-state index contributed by atoms with van der Waals surface area (Å²) in [4.78, 5) is 19.9. The molecule has 1 amide bonds. The van der Waals surface area contributed by atoms with Crippen molar-refractivity contribution in [3.05, 3.63) is 88.2 Å². The molecule has 0 bridgehead atoms. The number of fused-ring (bicyclic) bond motifs is 3. The molecule has 2 aromatic carbocycles. The number of rotatable bonds is 6. The van der Waals surface area contributed by atoms with Crippen LogP contribution in [-0.2, 0) is 16.0 Å². The molecule has 0 unspecified atom stereocenters. The highest BCUT2D eigenvalue weighted by Gasteiger charge is 2.78. The third kappa shape index (κ3) is 3.24. The number of aliphatic hydroxyl groups is 2.